The fourth-order valence-corrected chi connectivity index (χ4v) is 2.38. The summed E-state index contributed by atoms with van der Waals surface area (Å²) >= 11 is 0. The Hall–Kier alpha value is -2.60. The molecule has 0 aliphatic heterocycles. The summed E-state index contributed by atoms with van der Waals surface area (Å²) in [7, 11) is 0. The molecule has 0 fully saturated rings. The van der Waals surface area contributed by atoms with Gasteiger partial charge >= 0.3 is 6.03 Å². The van der Waals surface area contributed by atoms with Crippen LogP contribution in [0.4, 0.5) is 9.18 Å². The van der Waals surface area contributed by atoms with Gasteiger partial charge in [0.1, 0.15) is 17.2 Å². The van der Waals surface area contributed by atoms with Crippen molar-refractivity contribution in [3.8, 4) is 5.75 Å². The minimum absolute atomic E-state index is 0.0163. The molecule has 2 amide bonds. The topological polar surface area (TPSA) is 81.6 Å². The molecule has 134 valence electrons. The van der Waals surface area contributed by atoms with E-state index in [-0.39, 0.29) is 24.1 Å². The third kappa shape index (κ3) is 6.08. The van der Waals surface area contributed by atoms with Gasteiger partial charge in [0.05, 0.1) is 6.54 Å². The lowest BCUT2D eigenvalue weighted by atomic mass is 9.96. The number of carbonyl (C=O) groups excluding carboxylic acids is 1. The number of aryl methyl sites for hydroxylation is 1. The zero-order valence-electron chi connectivity index (χ0n) is 14.1. The van der Waals surface area contributed by atoms with Crippen molar-refractivity contribution >= 4 is 6.03 Å². The van der Waals surface area contributed by atoms with Crippen LogP contribution in [0.15, 0.2) is 48.5 Å². The molecule has 2 aromatic rings. The number of phenolic OH excluding ortho intramolecular Hbond substituents is 1. The highest BCUT2D eigenvalue weighted by Gasteiger charge is 2.23. The Morgan fingerprint density at radius 2 is 1.72 bits per heavy atom. The number of benzene rings is 2. The van der Waals surface area contributed by atoms with Crippen LogP contribution in [0.1, 0.15) is 24.5 Å². The first kappa shape index (κ1) is 18.7. The van der Waals surface area contributed by atoms with E-state index in [0.717, 1.165) is 18.4 Å². The largest absolute Gasteiger partial charge is 0.508 e. The second kappa shape index (κ2) is 8.48. The normalized spacial score (nSPS) is 13.1. The van der Waals surface area contributed by atoms with E-state index in [0.29, 0.717) is 12.1 Å². The molecular formula is C19H23FN2O3. The van der Waals surface area contributed by atoms with Crippen LogP contribution in [-0.4, -0.2) is 29.3 Å². The highest BCUT2D eigenvalue weighted by Crippen LogP contribution is 2.19. The standard InChI is InChI=1S/C19H23FN2O3/c1-19(25,15-6-8-16(20)9-7-15)13-22-18(24)21-12-2-3-14-4-10-17(23)11-5-14/h4-11,23,25H,2-3,12-13H2,1H3,(H2,21,22,24). The molecule has 5 nitrogen and oxygen atoms in total. The maximum atomic E-state index is 12.9. The Labute approximate surface area is 146 Å². The first-order valence-corrected chi connectivity index (χ1v) is 8.15. The number of halogens is 1. The highest BCUT2D eigenvalue weighted by atomic mass is 19.1. The quantitative estimate of drug-likeness (QED) is 0.582. The van der Waals surface area contributed by atoms with E-state index in [1.807, 2.05) is 12.1 Å². The smallest absolute Gasteiger partial charge is 0.314 e. The molecule has 1 atom stereocenters. The van der Waals surface area contributed by atoms with E-state index in [4.69, 9.17) is 0 Å². The summed E-state index contributed by atoms with van der Waals surface area (Å²) in [4.78, 5) is 11.8. The molecule has 2 rings (SSSR count). The van der Waals surface area contributed by atoms with Crippen LogP contribution in [0.5, 0.6) is 5.75 Å². The third-order valence-corrected chi connectivity index (χ3v) is 3.92. The van der Waals surface area contributed by atoms with Gasteiger partial charge in [-0.15, -0.1) is 0 Å². The van der Waals surface area contributed by atoms with Crippen LogP contribution in [0.3, 0.4) is 0 Å². The van der Waals surface area contributed by atoms with Crippen LogP contribution in [-0.2, 0) is 12.0 Å². The van der Waals surface area contributed by atoms with E-state index in [1.54, 1.807) is 19.1 Å². The predicted molar refractivity (Wildman–Crippen MR) is 93.8 cm³/mol. The molecule has 2 aromatic carbocycles. The van der Waals surface area contributed by atoms with Crippen molar-refractivity contribution in [2.75, 3.05) is 13.1 Å². The summed E-state index contributed by atoms with van der Waals surface area (Å²) < 4.78 is 12.9. The number of hydrogen-bond donors (Lipinski definition) is 4. The number of nitrogens with one attached hydrogen (secondary N) is 2. The molecule has 0 radical (unpaired) electrons. The average molecular weight is 346 g/mol. The summed E-state index contributed by atoms with van der Waals surface area (Å²) in [6.07, 6.45) is 1.54. The number of phenols is 1. The van der Waals surface area contributed by atoms with Crippen molar-refractivity contribution < 1.29 is 19.4 Å². The summed E-state index contributed by atoms with van der Waals surface area (Å²) in [6.45, 7) is 2.07. The minimum atomic E-state index is -1.28. The Balaban J connectivity index is 1.69. The number of urea groups is 1. The van der Waals surface area contributed by atoms with Gasteiger partial charge in [-0.3, -0.25) is 0 Å². The number of rotatable bonds is 7. The molecule has 4 N–H and O–H groups in total. The molecule has 0 aliphatic carbocycles. The fraction of sp³-hybridized carbons (Fsp3) is 0.316. The third-order valence-electron chi connectivity index (χ3n) is 3.92. The van der Waals surface area contributed by atoms with Crippen molar-refractivity contribution in [1.82, 2.24) is 10.6 Å². The van der Waals surface area contributed by atoms with Gasteiger partial charge in [-0.25, -0.2) is 9.18 Å². The van der Waals surface area contributed by atoms with E-state index in [9.17, 15) is 19.4 Å². The van der Waals surface area contributed by atoms with Crippen LogP contribution >= 0.6 is 0 Å². The number of amides is 2. The van der Waals surface area contributed by atoms with E-state index < -0.39 is 5.60 Å². The Bertz CT molecular complexity index is 685. The van der Waals surface area contributed by atoms with Gasteiger partial charge in [-0.2, -0.15) is 0 Å². The maximum absolute atomic E-state index is 12.9. The SMILES string of the molecule is CC(O)(CNC(=O)NCCCc1ccc(O)cc1)c1ccc(F)cc1. The van der Waals surface area contributed by atoms with Crippen molar-refractivity contribution in [2.45, 2.75) is 25.4 Å². The molecular weight excluding hydrogens is 323 g/mol. The van der Waals surface area contributed by atoms with Crippen LogP contribution < -0.4 is 10.6 Å². The van der Waals surface area contributed by atoms with Crippen LogP contribution in [0, 0.1) is 5.82 Å². The number of aromatic hydroxyl groups is 1. The fourth-order valence-electron chi connectivity index (χ4n) is 2.38. The molecule has 0 aromatic heterocycles. The zero-order valence-corrected chi connectivity index (χ0v) is 14.1. The molecule has 0 saturated carbocycles. The highest BCUT2D eigenvalue weighted by molar-refractivity contribution is 5.73. The summed E-state index contributed by atoms with van der Waals surface area (Å²) in [5.74, 6) is -0.145. The van der Waals surface area contributed by atoms with E-state index in [1.165, 1.54) is 24.3 Å². The van der Waals surface area contributed by atoms with Crippen molar-refractivity contribution in [1.29, 1.82) is 0 Å². The molecule has 0 aliphatic rings. The lowest BCUT2D eigenvalue weighted by molar-refractivity contribution is 0.0593. The second-order valence-corrected chi connectivity index (χ2v) is 6.16. The molecule has 25 heavy (non-hydrogen) atoms. The zero-order chi connectivity index (χ0) is 18.3. The molecule has 0 saturated heterocycles. The van der Waals surface area contributed by atoms with Gasteiger partial charge < -0.3 is 20.8 Å². The molecule has 1 unspecified atom stereocenters. The molecule has 0 bridgehead atoms. The second-order valence-electron chi connectivity index (χ2n) is 6.16. The van der Waals surface area contributed by atoms with Crippen molar-refractivity contribution in [3.63, 3.8) is 0 Å². The number of hydrogen-bond acceptors (Lipinski definition) is 3. The van der Waals surface area contributed by atoms with Gasteiger partial charge in [0.2, 0.25) is 0 Å². The predicted octanol–water partition coefficient (Wildman–Crippen LogP) is 2.67. The van der Waals surface area contributed by atoms with Crippen LogP contribution in [0.25, 0.3) is 0 Å². The monoisotopic (exact) mass is 346 g/mol. The Kier molecular flexibility index (Phi) is 6.36. The first-order chi connectivity index (χ1) is 11.9. The van der Waals surface area contributed by atoms with Gasteiger partial charge in [0.15, 0.2) is 0 Å². The van der Waals surface area contributed by atoms with Crippen molar-refractivity contribution in [2.24, 2.45) is 0 Å². The molecule has 0 heterocycles. The van der Waals surface area contributed by atoms with Crippen LogP contribution in [0.2, 0.25) is 0 Å². The van der Waals surface area contributed by atoms with E-state index >= 15 is 0 Å². The Morgan fingerprint density at radius 3 is 2.36 bits per heavy atom. The average Bonchev–Trinajstić information content (AvgIpc) is 2.59. The van der Waals surface area contributed by atoms with Gasteiger partial charge in [0, 0.05) is 6.54 Å². The van der Waals surface area contributed by atoms with Gasteiger partial charge in [-0.05, 0) is 55.2 Å². The van der Waals surface area contributed by atoms with Crippen molar-refractivity contribution in [3.05, 3.63) is 65.5 Å². The van der Waals surface area contributed by atoms with Gasteiger partial charge in [0.25, 0.3) is 0 Å². The maximum Gasteiger partial charge on any atom is 0.314 e. The Morgan fingerprint density at radius 1 is 1.08 bits per heavy atom. The van der Waals surface area contributed by atoms with Gasteiger partial charge in [-0.1, -0.05) is 24.3 Å². The molecule has 0 spiro atoms. The number of carbonyl (C=O) groups is 1. The lowest BCUT2D eigenvalue weighted by Crippen LogP contribution is -2.43. The van der Waals surface area contributed by atoms with E-state index in [2.05, 4.69) is 10.6 Å². The first-order valence-electron chi connectivity index (χ1n) is 8.15. The summed E-state index contributed by atoms with van der Waals surface area (Å²) in [5.41, 5.74) is 0.331. The minimum Gasteiger partial charge on any atom is -0.508 e. The summed E-state index contributed by atoms with van der Waals surface area (Å²) in [5, 5.41) is 24.9. The number of aliphatic hydroxyl groups is 1. The molecule has 6 heteroatoms. The summed E-state index contributed by atoms with van der Waals surface area (Å²) in [6, 6.07) is 12.1. The lowest BCUT2D eigenvalue weighted by Gasteiger charge is -2.24.